The van der Waals surface area contributed by atoms with Crippen LogP contribution >= 0.6 is 11.3 Å². The fourth-order valence-corrected chi connectivity index (χ4v) is 4.75. The fourth-order valence-electron chi connectivity index (χ4n) is 3.83. The molecule has 3 heterocycles. The molecule has 0 radical (unpaired) electrons. The van der Waals surface area contributed by atoms with E-state index in [1.54, 1.807) is 11.3 Å². The highest BCUT2D eigenvalue weighted by molar-refractivity contribution is 7.16. The summed E-state index contributed by atoms with van der Waals surface area (Å²) in [5.74, 6) is 0.929. The molecule has 1 N–H and O–H groups in total. The van der Waals surface area contributed by atoms with E-state index in [1.165, 1.54) is 10.4 Å². The van der Waals surface area contributed by atoms with Gasteiger partial charge in [0.25, 0.3) is 0 Å². The van der Waals surface area contributed by atoms with Crippen molar-refractivity contribution in [1.29, 1.82) is 0 Å². The first kappa shape index (κ1) is 21.8. The maximum absolute atomic E-state index is 12.4. The Kier molecular flexibility index (Phi) is 5.83. The lowest BCUT2D eigenvalue weighted by Crippen LogP contribution is -2.59. The van der Waals surface area contributed by atoms with E-state index in [0.29, 0.717) is 6.73 Å². The Bertz CT molecular complexity index is 1000. The number of para-hydroxylation sites is 2. The standard InChI is InChI=1S/C24H33N4O2S/c1-6-24(3,4)23(29)30-16-28(5)13-11-27(12-14-28)21-18-15-17(2)31-22(18)26-20-10-8-7-9-19(20)25-21/h7-10,15,26H,6,11-14,16H2,1-5H3/q+1. The lowest BCUT2D eigenvalue weighted by molar-refractivity contribution is -0.929. The van der Waals surface area contributed by atoms with Gasteiger partial charge in [0.2, 0.25) is 6.73 Å². The highest BCUT2D eigenvalue weighted by atomic mass is 32.1. The molecule has 7 heteroatoms. The number of ether oxygens (including phenoxy) is 1. The van der Waals surface area contributed by atoms with E-state index >= 15 is 0 Å². The minimum atomic E-state index is -0.427. The third-order valence-corrected chi connectivity index (χ3v) is 7.50. The summed E-state index contributed by atoms with van der Waals surface area (Å²) in [4.78, 5) is 21.1. The molecule has 166 valence electrons. The van der Waals surface area contributed by atoms with Gasteiger partial charge in [-0.25, -0.2) is 4.99 Å². The van der Waals surface area contributed by atoms with E-state index in [2.05, 4.69) is 42.4 Å². The predicted octanol–water partition coefficient (Wildman–Crippen LogP) is 4.89. The van der Waals surface area contributed by atoms with Crippen molar-refractivity contribution in [3.63, 3.8) is 0 Å². The van der Waals surface area contributed by atoms with Gasteiger partial charge in [-0.05, 0) is 45.4 Å². The zero-order valence-electron chi connectivity index (χ0n) is 19.2. The quantitative estimate of drug-likeness (QED) is 0.542. The van der Waals surface area contributed by atoms with Crippen molar-refractivity contribution < 1.29 is 14.0 Å². The number of thiophene rings is 1. The van der Waals surface area contributed by atoms with Gasteiger partial charge in [0.05, 0.1) is 55.6 Å². The molecule has 6 nitrogen and oxygen atoms in total. The number of quaternary nitrogens is 1. The molecule has 1 aromatic heterocycles. The van der Waals surface area contributed by atoms with Crippen LogP contribution in [0.4, 0.5) is 16.4 Å². The fraction of sp³-hybridized carbons (Fsp3) is 0.500. The predicted molar refractivity (Wildman–Crippen MR) is 128 cm³/mol. The molecular formula is C24H33N4O2S+. The summed E-state index contributed by atoms with van der Waals surface area (Å²) in [6.07, 6.45) is 0.779. The summed E-state index contributed by atoms with van der Waals surface area (Å²) in [6.45, 7) is 12.1. The maximum atomic E-state index is 12.4. The largest absolute Gasteiger partial charge is 0.415 e. The first-order valence-corrected chi connectivity index (χ1v) is 11.8. The number of nitrogens with zero attached hydrogens (tertiary/aromatic N) is 3. The van der Waals surface area contributed by atoms with Gasteiger partial charge in [-0.15, -0.1) is 11.3 Å². The topological polar surface area (TPSA) is 53.9 Å². The number of benzene rings is 1. The monoisotopic (exact) mass is 441 g/mol. The van der Waals surface area contributed by atoms with Crippen LogP contribution in [0.2, 0.25) is 0 Å². The molecule has 0 atom stereocenters. The van der Waals surface area contributed by atoms with E-state index in [1.807, 2.05) is 32.9 Å². The van der Waals surface area contributed by atoms with Crippen molar-refractivity contribution in [2.45, 2.75) is 34.1 Å². The van der Waals surface area contributed by atoms with Gasteiger partial charge in [0.1, 0.15) is 10.8 Å². The van der Waals surface area contributed by atoms with Crippen LogP contribution in [-0.4, -0.2) is 61.1 Å². The molecule has 0 amide bonds. The number of fused-ring (bicyclic) bond motifs is 2. The van der Waals surface area contributed by atoms with E-state index < -0.39 is 5.41 Å². The summed E-state index contributed by atoms with van der Waals surface area (Å²) in [6, 6.07) is 10.4. The van der Waals surface area contributed by atoms with Crippen molar-refractivity contribution >= 4 is 39.5 Å². The highest BCUT2D eigenvalue weighted by Gasteiger charge is 2.35. The van der Waals surface area contributed by atoms with Crippen molar-refractivity contribution in [3.05, 3.63) is 40.8 Å². The Morgan fingerprint density at radius 1 is 1.29 bits per heavy atom. The van der Waals surface area contributed by atoms with Crippen LogP contribution in [0.1, 0.15) is 37.6 Å². The molecule has 1 aromatic carbocycles. The molecule has 0 aliphatic carbocycles. The number of aryl methyl sites for hydroxylation is 1. The molecule has 1 fully saturated rings. The summed E-state index contributed by atoms with van der Waals surface area (Å²) in [7, 11) is 2.18. The highest BCUT2D eigenvalue weighted by Crippen LogP contribution is 2.39. The Hall–Kier alpha value is -2.38. The van der Waals surface area contributed by atoms with Gasteiger partial charge < -0.3 is 15.0 Å². The van der Waals surface area contributed by atoms with Crippen LogP contribution in [0.3, 0.4) is 0 Å². The van der Waals surface area contributed by atoms with Crippen molar-refractivity contribution in [3.8, 4) is 0 Å². The normalized spacial score (nSPS) is 17.7. The van der Waals surface area contributed by atoms with E-state index in [-0.39, 0.29) is 5.97 Å². The number of esters is 1. The summed E-state index contributed by atoms with van der Waals surface area (Å²) < 4.78 is 6.46. The molecule has 4 rings (SSSR count). The third kappa shape index (κ3) is 4.48. The molecule has 1 saturated heterocycles. The first-order chi connectivity index (χ1) is 14.7. The first-order valence-electron chi connectivity index (χ1n) is 11.0. The number of likely N-dealkylation sites (N-methyl/N-ethyl adjacent to an activating group) is 1. The molecule has 0 bridgehead atoms. The number of amidine groups is 1. The van der Waals surface area contributed by atoms with E-state index in [9.17, 15) is 4.79 Å². The molecule has 0 spiro atoms. The van der Waals surface area contributed by atoms with Gasteiger partial charge in [-0.1, -0.05) is 19.1 Å². The van der Waals surface area contributed by atoms with Gasteiger partial charge in [0.15, 0.2) is 0 Å². The second-order valence-corrected chi connectivity index (χ2v) is 10.8. The Morgan fingerprint density at radius 3 is 2.71 bits per heavy atom. The summed E-state index contributed by atoms with van der Waals surface area (Å²) in [5, 5.41) is 4.73. The zero-order valence-corrected chi connectivity index (χ0v) is 20.0. The van der Waals surface area contributed by atoms with Gasteiger partial charge in [-0.3, -0.25) is 9.28 Å². The number of anilines is 2. The molecule has 2 aliphatic heterocycles. The number of rotatable bonds is 4. The smallest absolute Gasteiger partial charge is 0.315 e. The molecule has 0 unspecified atom stereocenters. The number of nitrogens with one attached hydrogen (secondary N) is 1. The average Bonchev–Trinajstić information content (AvgIpc) is 3.04. The number of hydrogen-bond acceptors (Lipinski definition) is 6. The van der Waals surface area contributed by atoms with Crippen LogP contribution in [0.5, 0.6) is 0 Å². The zero-order chi connectivity index (χ0) is 22.2. The number of hydrogen-bond donors (Lipinski definition) is 1. The van der Waals surface area contributed by atoms with Crippen LogP contribution in [-0.2, 0) is 9.53 Å². The maximum Gasteiger partial charge on any atom is 0.315 e. The van der Waals surface area contributed by atoms with Crippen molar-refractivity contribution in [2.75, 3.05) is 45.3 Å². The van der Waals surface area contributed by atoms with Crippen molar-refractivity contribution in [2.24, 2.45) is 10.4 Å². The molecular weight excluding hydrogens is 408 g/mol. The average molecular weight is 442 g/mol. The molecule has 2 aromatic rings. The van der Waals surface area contributed by atoms with Crippen LogP contribution in [0.25, 0.3) is 0 Å². The minimum Gasteiger partial charge on any atom is -0.415 e. The number of carbonyl (C=O) groups excluding carboxylic acids is 1. The van der Waals surface area contributed by atoms with Crippen LogP contribution in [0, 0.1) is 12.3 Å². The van der Waals surface area contributed by atoms with Crippen LogP contribution < -0.4 is 5.32 Å². The second-order valence-electron chi connectivity index (χ2n) is 9.53. The van der Waals surface area contributed by atoms with E-state index in [4.69, 9.17) is 9.73 Å². The van der Waals surface area contributed by atoms with Gasteiger partial charge >= 0.3 is 5.97 Å². The van der Waals surface area contributed by atoms with Gasteiger partial charge in [-0.2, -0.15) is 0 Å². The Labute approximate surface area is 189 Å². The molecule has 2 aliphatic rings. The number of carbonyl (C=O) groups is 1. The second kappa shape index (κ2) is 8.28. The summed E-state index contributed by atoms with van der Waals surface area (Å²) in [5.41, 5.74) is 2.76. The Morgan fingerprint density at radius 2 is 2.00 bits per heavy atom. The minimum absolute atomic E-state index is 0.106. The Balaban J connectivity index is 1.50. The summed E-state index contributed by atoms with van der Waals surface area (Å²) >= 11 is 1.77. The molecule has 31 heavy (non-hydrogen) atoms. The number of aliphatic imine (C=N–C) groups is 1. The lowest BCUT2D eigenvalue weighted by atomic mass is 9.91. The molecule has 0 saturated carbocycles. The van der Waals surface area contributed by atoms with Crippen molar-refractivity contribution in [1.82, 2.24) is 4.90 Å². The van der Waals surface area contributed by atoms with Gasteiger partial charge in [0, 0.05) is 4.88 Å². The number of piperazine rings is 1. The SMILES string of the molecule is CCC(C)(C)C(=O)OC[N+]1(C)CCN(C2=Nc3ccccc3Nc3sc(C)cc32)CC1. The van der Waals surface area contributed by atoms with E-state index in [0.717, 1.165) is 59.3 Å². The van der Waals surface area contributed by atoms with Crippen LogP contribution in [0.15, 0.2) is 35.3 Å². The lowest BCUT2D eigenvalue weighted by Gasteiger charge is -2.42. The third-order valence-electron chi connectivity index (χ3n) is 6.54.